The third-order valence-corrected chi connectivity index (χ3v) is 7.69. The molecule has 1 aromatic carbocycles. The number of benzene rings is 1. The van der Waals surface area contributed by atoms with Crippen molar-refractivity contribution in [2.75, 3.05) is 25.0 Å². The number of amides is 1. The van der Waals surface area contributed by atoms with Crippen molar-refractivity contribution in [1.29, 1.82) is 0 Å². The topological polar surface area (TPSA) is 87.2 Å². The molecule has 1 unspecified atom stereocenters. The maximum absolute atomic E-state index is 12.5. The Bertz CT molecular complexity index is 995. The average molecular weight is 436 g/mol. The van der Waals surface area contributed by atoms with Crippen molar-refractivity contribution in [2.24, 2.45) is 11.8 Å². The standard InChI is InChI=1S/C25H33N5O2/c1-16-2-9-23-22(10-16)25(28-15-27-23)26-12-24(32)29-19-13-30(14-19)20-6-3-17(4-7-20)18-5-8-21(31)11-18/h2,9-10,15,17-20H,3-8,11-14H2,1H3,(H,29,32)(H,26,27,28). The summed E-state index contributed by atoms with van der Waals surface area (Å²) in [5.41, 5.74) is 2.01. The number of carbonyl (C=O) groups excluding carboxylic acids is 2. The zero-order valence-electron chi connectivity index (χ0n) is 18.8. The Morgan fingerprint density at radius 1 is 1.09 bits per heavy atom. The van der Waals surface area contributed by atoms with Crippen molar-refractivity contribution in [3.05, 3.63) is 30.1 Å². The highest BCUT2D eigenvalue weighted by Gasteiger charge is 2.37. The number of carbonyl (C=O) groups is 2. The van der Waals surface area contributed by atoms with Crippen molar-refractivity contribution < 1.29 is 9.59 Å². The first kappa shape index (κ1) is 21.3. The van der Waals surface area contributed by atoms with E-state index in [1.54, 1.807) is 0 Å². The molecule has 170 valence electrons. The molecule has 2 saturated carbocycles. The molecule has 32 heavy (non-hydrogen) atoms. The van der Waals surface area contributed by atoms with Gasteiger partial charge in [0.1, 0.15) is 17.9 Å². The number of anilines is 1. The van der Waals surface area contributed by atoms with Gasteiger partial charge in [-0.2, -0.15) is 0 Å². The Kier molecular flexibility index (Phi) is 6.09. The summed E-state index contributed by atoms with van der Waals surface area (Å²) in [4.78, 5) is 35.2. The van der Waals surface area contributed by atoms with Crippen LogP contribution in [0.2, 0.25) is 0 Å². The molecule has 7 heteroatoms. The third-order valence-electron chi connectivity index (χ3n) is 7.69. The van der Waals surface area contributed by atoms with Gasteiger partial charge in [-0.05, 0) is 63.0 Å². The molecular formula is C25H33N5O2. The fraction of sp³-hybridized carbons (Fsp3) is 0.600. The van der Waals surface area contributed by atoms with E-state index >= 15 is 0 Å². The van der Waals surface area contributed by atoms with Crippen LogP contribution in [0.1, 0.15) is 50.5 Å². The predicted octanol–water partition coefficient (Wildman–Crippen LogP) is 3.08. The number of Topliss-reactive ketones (excluding diaryl/α,β-unsaturated/α-hetero) is 1. The molecule has 2 N–H and O–H groups in total. The van der Waals surface area contributed by atoms with E-state index in [4.69, 9.17) is 0 Å². The maximum atomic E-state index is 12.5. The third kappa shape index (κ3) is 4.63. The zero-order chi connectivity index (χ0) is 22.1. The quantitative estimate of drug-likeness (QED) is 0.725. The highest BCUT2D eigenvalue weighted by Crippen LogP contribution is 2.39. The smallest absolute Gasteiger partial charge is 0.239 e. The molecule has 7 nitrogen and oxygen atoms in total. The van der Waals surface area contributed by atoms with E-state index in [9.17, 15) is 9.59 Å². The van der Waals surface area contributed by atoms with Crippen LogP contribution < -0.4 is 10.6 Å². The van der Waals surface area contributed by atoms with Crippen LogP contribution in [0.5, 0.6) is 0 Å². The summed E-state index contributed by atoms with van der Waals surface area (Å²) in [6, 6.07) is 6.92. The molecule has 1 atom stereocenters. The van der Waals surface area contributed by atoms with Gasteiger partial charge in [0.05, 0.1) is 18.1 Å². The van der Waals surface area contributed by atoms with E-state index in [2.05, 4.69) is 25.5 Å². The molecule has 1 aromatic heterocycles. The van der Waals surface area contributed by atoms with Crippen LogP contribution in [-0.2, 0) is 9.59 Å². The summed E-state index contributed by atoms with van der Waals surface area (Å²) in [5.74, 6) is 2.57. The Morgan fingerprint density at radius 3 is 2.66 bits per heavy atom. The second-order valence-corrected chi connectivity index (χ2v) is 9.92. The molecule has 5 rings (SSSR count). The lowest BCUT2D eigenvalue weighted by Crippen LogP contribution is -2.63. The molecule has 1 amide bonds. The first-order valence-electron chi connectivity index (χ1n) is 12.1. The Morgan fingerprint density at radius 2 is 1.91 bits per heavy atom. The number of hydrogen-bond donors (Lipinski definition) is 2. The average Bonchev–Trinajstić information content (AvgIpc) is 3.21. The molecule has 0 spiro atoms. The number of fused-ring (bicyclic) bond motifs is 1. The van der Waals surface area contributed by atoms with E-state index in [0.717, 1.165) is 54.7 Å². The molecule has 3 fully saturated rings. The number of nitrogens with one attached hydrogen (secondary N) is 2. The van der Waals surface area contributed by atoms with Crippen molar-refractivity contribution in [2.45, 2.75) is 64.0 Å². The summed E-state index contributed by atoms with van der Waals surface area (Å²) in [6.07, 6.45) is 9.26. The highest BCUT2D eigenvalue weighted by molar-refractivity contribution is 5.91. The van der Waals surface area contributed by atoms with Crippen LogP contribution in [-0.4, -0.2) is 58.3 Å². The van der Waals surface area contributed by atoms with Gasteiger partial charge in [0.25, 0.3) is 0 Å². The van der Waals surface area contributed by atoms with Gasteiger partial charge in [-0.3, -0.25) is 14.5 Å². The molecule has 2 aliphatic carbocycles. The van der Waals surface area contributed by atoms with Gasteiger partial charge in [-0.15, -0.1) is 0 Å². The van der Waals surface area contributed by atoms with Crippen LogP contribution >= 0.6 is 0 Å². The molecule has 1 aliphatic heterocycles. The van der Waals surface area contributed by atoms with Crippen LogP contribution in [0.3, 0.4) is 0 Å². The maximum Gasteiger partial charge on any atom is 0.239 e. The number of aromatic nitrogens is 2. The van der Waals surface area contributed by atoms with Gasteiger partial charge >= 0.3 is 0 Å². The highest BCUT2D eigenvalue weighted by atomic mass is 16.2. The van der Waals surface area contributed by atoms with Crippen LogP contribution in [0.4, 0.5) is 5.82 Å². The minimum absolute atomic E-state index is 0.00340. The lowest BCUT2D eigenvalue weighted by molar-refractivity contribution is -0.121. The van der Waals surface area contributed by atoms with E-state index < -0.39 is 0 Å². The summed E-state index contributed by atoms with van der Waals surface area (Å²) >= 11 is 0. The number of nitrogens with zero attached hydrogens (tertiary/aromatic N) is 3. The fourth-order valence-electron chi connectivity index (χ4n) is 5.84. The zero-order valence-corrected chi connectivity index (χ0v) is 18.8. The molecule has 0 bridgehead atoms. The van der Waals surface area contributed by atoms with E-state index in [-0.39, 0.29) is 18.5 Å². The van der Waals surface area contributed by atoms with Gasteiger partial charge in [0.2, 0.25) is 5.91 Å². The Labute approximate surface area is 189 Å². The monoisotopic (exact) mass is 435 g/mol. The van der Waals surface area contributed by atoms with Gasteiger partial charge in [0, 0.05) is 37.4 Å². The van der Waals surface area contributed by atoms with Crippen LogP contribution in [0.25, 0.3) is 10.9 Å². The second-order valence-electron chi connectivity index (χ2n) is 9.92. The summed E-state index contributed by atoms with van der Waals surface area (Å²) in [6.45, 7) is 4.13. The van der Waals surface area contributed by atoms with Gasteiger partial charge in [-0.1, -0.05) is 11.6 Å². The Hall–Kier alpha value is -2.54. The SMILES string of the molecule is Cc1ccc2ncnc(NCC(=O)NC3CN(C4CCC(C5CCC(=O)C5)CC4)C3)c2c1. The molecule has 3 aliphatic rings. The van der Waals surface area contributed by atoms with Crippen molar-refractivity contribution in [3.63, 3.8) is 0 Å². The largest absolute Gasteiger partial charge is 0.360 e. The van der Waals surface area contributed by atoms with E-state index in [1.165, 1.54) is 32.0 Å². The summed E-state index contributed by atoms with van der Waals surface area (Å²) < 4.78 is 0. The predicted molar refractivity (Wildman–Crippen MR) is 124 cm³/mol. The van der Waals surface area contributed by atoms with Crippen molar-refractivity contribution >= 4 is 28.4 Å². The first-order chi connectivity index (χ1) is 15.5. The van der Waals surface area contributed by atoms with Gasteiger partial charge in [-0.25, -0.2) is 9.97 Å². The van der Waals surface area contributed by atoms with Crippen molar-refractivity contribution in [3.8, 4) is 0 Å². The van der Waals surface area contributed by atoms with Crippen LogP contribution in [0.15, 0.2) is 24.5 Å². The minimum Gasteiger partial charge on any atom is -0.360 e. The number of ketones is 1. The molecule has 2 heterocycles. The normalized spacial score (nSPS) is 26.8. The number of aryl methyl sites for hydroxylation is 1. The lowest BCUT2D eigenvalue weighted by atomic mass is 9.76. The van der Waals surface area contributed by atoms with Crippen molar-refractivity contribution in [1.82, 2.24) is 20.2 Å². The molecular weight excluding hydrogens is 402 g/mol. The summed E-state index contributed by atoms with van der Waals surface area (Å²) in [5, 5.41) is 7.26. The van der Waals surface area contributed by atoms with Gasteiger partial charge < -0.3 is 10.6 Å². The Balaban J connectivity index is 1.04. The number of hydrogen-bond acceptors (Lipinski definition) is 6. The summed E-state index contributed by atoms with van der Waals surface area (Å²) in [7, 11) is 0. The molecule has 0 radical (unpaired) electrons. The second kappa shape index (κ2) is 9.14. The van der Waals surface area contributed by atoms with Crippen LogP contribution in [0, 0.1) is 18.8 Å². The molecule has 1 saturated heterocycles. The van der Waals surface area contributed by atoms with Gasteiger partial charge in [0.15, 0.2) is 0 Å². The van der Waals surface area contributed by atoms with E-state index in [1.807, 2.05) is 25.1 Å². The van der Waals surface area contributed by atoms with E-state index in [0.29, 0.717) is 23.6 Å². The fourth-order valence-corrected chi connectivity index (χ4v) is 5.84. The number of rotatable bonds is 6. The lowest BCUT2D eigenvalue weighted by Gasteiger charge is -2.47. The minimum atomic E-state index is 0.00340. The number of likely N-dealkylation sites (tertiary alicyclic amines) is 1. The first-order valence-corrected chi connectivity index (χ1v) is 12.1. The molecule has 2 aromatic rings.